The van der Waals surface area contributed by atoms with Crippen LogP contribution in [0.2, 0.25) is 0 Å². The Labute approximate surface area is 119 Å². The topological polar surface area (TPSA) is 57.6 Å². The molecule has 1 unspecified atom stereocenters. The Hall–Kier alpha value is -0.430. The van der Waals surface area contributed by atoms with Gasteiger partial charge in [0.25, 0.3) is 0 Å². The molecular weight excluding hydrogens is 282 g/mol. The molecule has 1 fully saturated rings. The van der Waals surface area contributed by atoms with E-state index in [0.717, 1.165) is 11.3 Å². The molecule has 1 aromatic heterocycles. The Morgan fingerprint density at radius 1 is 1.53 bits per heavy atom. The van der Waals surface area contributed by atoms with Gasteiger partial charge < -0.3 is 5.11 Å². The van der Waals surface area contributed by atoms with Crippen LogP contribution >= 0.6 is 11.3 Å². The number of aryl methyl sites for hydroxylation is 1. The van der Waals surface area contributed by atoms with Crippen molar-refractivity contribution in [1.82, 2.24) is 4.31 Å². The standard InChI is InChI=1S/C13H21NO3S2/c1-9(2)11-4-5-14(7-11)19(16,17)13-6-12(8-15)18-10(13)3/h6,9,11,15H,4-5,7-8H2,1-3H3. The van der Waals surface area contributed by atoms with Gasteiger partial charge in [0.15, 0.2) is 0 Å². The molecule has 19 heavy (non-hydrogen) atoms. The molecular formula is C13H21NO3S2. The molecule has 0 amide bonds. The lowest BCUT2D eigenvalue weighted by molar-refractivity contribution is 0.285. The summed E-state index contributed by atoms with van der Waals surface area (Å²) in [6.07, 6.45) is 0.937. The Bertz CT molecular complexity index is 548. The minimum Gasteiger partial charge on any atom is -0.391 e. The summed E-state index contributed by atoms with van der Waals surface area (Å²) in [5, 5.41) is 9.12. The van der Waals surface area contributed by atoms with Crippen LogP contribution in [-0.2, 0) is 16.6 Å². The van der Waals surface area contributed by atoms with E-state index < -0.39 is 10.0 Å². The average molecular weight is 303 g/mol. The zero-order valence-electron chi connectivity index (χ0n) is 11.6. The van der Waals surface area contributed by atoms with Crippen LogP contribution in [0, 0.1) is 18.8 Å². The maximum atomic E-state index is 12.6. The first-order chi connectivity index (χ1) is 8.86. The molecule has 4 nitrogen and oxygen atoms in total. The van der Waals surface area contributed by atoms with Crippen LogP contribution in [0.1, 0.15) is 30.0 Å². The first-order valence-electron chi connectivity index (χ1n) is 6.56. The van der Waals surface area contributed by atoms with Crippen molar-refractivity contribution in [2.24, 2.45) is 11.8 Å². The van der Waals surface area contributed by atoms with Crippen molar-refractivity contribution < 1.29 is 13.5 Å². The number of nitrogens with zero attached hydrogens (tertiary/aromatic N) is 1. The van der Waals surface area contributed by atoms with Crippen molar-refractivity contribution in [3.63, 3.8) is 0 Å². The molecule has 0 saturated carbocycles. The highest BCUT2D eigenvalue weighted by molar-refractivity contribution is 7.89. The Morgan fingerprint density at radius 2 is 2.21 bits per heavy atom. The number of hydrogen-bond acceptors (Lipinski definition) is 4. The summed E-state index contributed by atoms with van der Waals surface area (Å²) >= 11 is 1.35. The summed E-state index contributed by atoms with van der Waals surface area (Å²) in [6, 6.07) is 1.61. The molecule has 1 aromatic rings. The number of rotatable bonds is 4. The van der Waals surface area contributed by atoms with Gasteiger partial charge in [0.2, 0.25) is 10.0 Å². The fourth-order valence-electron chi connectivity index (χ4n) is 2.51. The van der Waals surface area contributed by atoms with Gasteiger partial charge in [0.05, 0.1) is 11.5 Å². The van der Waals surface area contributed by atoms with E-state index in [1.807, 2.05) is 0 Å². The van der Waals surface area contributed by atoms with E-state index in [2.05, 4.69) is 13.8 Å². The van der Waals surface area contributed by atoms with Gasteiger partial charge >= 0.3 is 0 Å². The molecule has 2 rings (SSSR count). The van der Waals surface area contributed by atoms with Crippen LogP contribution in [0.4, 0.5) is 0 Å². The lowest BCUT2D eigenvalue weighted by Crippen LogP contribution is -2.29. The predicted octanol–water partition coefficient (Wildman–Crippen LogP) is 2.22. The lowest BCUT2D eigenvalue weighted by atomic mass is 9.96. The minimum atomic E-state index is -3.39. The summed E-state index contributed by atoms with van der Waals surface area (Å²) in [7, 11) is -3.39. The molecule has 0 bridgehead atoms. The molecule has 1 saturated heterocycles. The third kappa shape index (κ3) is 2.86. The van der Waals surface area contributed by atoms with Crippen LogP contribution in [0.25, 0.3) is 0 Å². The highest BCUT2D eigenvalue weighted by Crippen LogP contribution is 2.32. The Morgan fingerprint density at radius 3 is 2.68 bits per heavy atom. The van der Waals surface area contributed by atoms with E-state index >= 15 is 0 Å². The fourth-order valence-corrected chi connectivity index (χ4v) is 5.49. The van der Waals surface area contributed by atoms with E-state index in [1.54, 1.807) is 17.3 Å². The zero-order chi connectivity index (χ0) is 14.2. The molecule has 2 heterocycles. The van der Waals surface area contributed by atoms with Gasteiger partial charge in [-0.2, -0.15) is 4.31 Å². The smallest absolute Gasteiger partial charge is 0.244 e. The molecule has 1 aliphatic heterocycles. The molecule has 1 atom stereocenters. The molecule has 108 valence electrons. The van der Waals surface area contributed by atoms with Crippen LogP contribution in [0.5, 0.6) is 0 Å². The second-order valence-corrected chi connectivity index (χ2v) is 8.69. The number of thiophene rings is 1. The first kappa shape index (κ1) is 15.0. The van der Waals surface area contributed by atoms with Crippen molar-refractivity contribution in [2.45, 2.75) is 38.7 Å². The van der Waals surface area contributed by atoms with Crippen LogP contribution in [0.15, 0.2) is 11.0 Å². The summed E-state index contributed by atoms with van der Waals surface area (Å²) in [5.41, 5.74) is 0. The van der Waals surface area contributed by atoms with E-state index in [1.165, 1.54) is 11.3 Å². The summed E-state index contributed by atoms with van der Waals surface area (Å²) in [5.74, 6) is 0.961. The largest absolute Gasteiger partial charge is 0.391 e. The van der Waals surface area contributed by atoms with Crippen molar-refractivity contribution >= 4 is 21.4 Å². The second kappa shape index (κ2) is 5.52. The van der Waals surface area contributed by atoms with Crippen molar-refractivity contribution in [3.05, 3.63) is 15.8 Å². The molecule has 0 spiro atoms. The normalized spacial score (nSPS) is 21.4. The van der Waals surface area contributed by atoms with E-state index in [4.69, 9.17) is 5.11 Å². The third-order valence-corrected chi connectivity index (χ3v) is 6.98. The minimum absolute atomic E-state index is 0.102. The number of sulfonamides is 1. The third-order valence-electron chi connectivity index (χ3n) is 3.83. The fraction of sp³-hybridized carbons (Fsp3) is 0.692. The first-order valence-corrected chi connectivity index (χ1v) is 8.82. The van der Waals surface area contributed by atoms with Crippen LogP contribution in [0.3, 0.4) is 0 Å². The number of hydrogen-bond donors (Lipinski definition) is 1. The quantitative estimate of drug-likeness (QED) is 0.928. The molecule has 1 aliphatic rings. The van der Waals surface area contributed by atoms with Gasteiger partial charge in [-0.25, -0.2) is 8.42 Å². The lowest BCUT2D eigenvalue weighted by Gasteiger charge is -2.17. The van der Waals surface area contributed by atoms with Gasteiger partial charge in [-0.3, -0.25) is 0 Å². The van der Waals surface area contributed by atoms with Gasteiger partial charge in [-0.15, -0.1) is 11.3 Å². The number of aliphatic hydroxyl groups is 1. The second-order valence-electron chi connectivity index (χ2n) is 5.45. The van der Waals surface area contributed by atoms with Crippen molar-refractivity contribution in [1.29, 1.82) is 0 Å². The molecule has 6 heteroatoms. The predicted molar refractivity (Wildman–Crippen MR) is 76.7 cm³/mol. The SMILES string of the molecule is Cc1sc(CO)cc1S(=O)(=O)N1CCC(C(C)C)C1. The molecule has 0 radical (unpaired) electrons. The Kier molecular flexibility index (Phi) is 4.35. The van der Waals surface area contributed by atoms with Gasteiger partial charge in [0.1, 0.15) is 0 Å². The summed E-state index contributed by atoms with van der Waals surface area (Å²) in [4.78, 5) is 1.83. The molecule has 1 N–H and O–H groups in total. The monoisotopic (exact) mass is 303 g/mol. The van der Waals surface area contributed by atoms with Gasteiger partial charge in [-0.1, -0.05) is 13.8 Å². The van der Waals surface area contributed by atoms with E-state index in [9.17, 15) is 8.42 Å². The molecule has 0 aliphatic carbocycles. The van der Waals surface area contributed by atoms with Gasteiger partial charge in [-0.05, 0) is 31.2 Å². The molecule has 0 aromatic carbocycles. The average Bonchev–Trinajstić information content (AvgIpc) is 2.95. The van der Waals surface area contributed by atoms with Crippen molar-refractivity contribution in [2.75, 3.05) is 13.1 Å². The maximum Gasteiger partial charge on any atom is 0.244 e. The summed E-state index contributed by atoms with van der Waals surface area (Å²) < 4.78 is 26.8. The Balaban J connectivity index is 2.26. The van der Waals surface area contributed by atoms with E-state index in [-0.39, 0.29) is 6.61 Å². The maximum absolute atomic E-state index is 12.6. The highest BCUT2D eigenvalue weighted by atomic mass is 32.2. The number of aliphatic hydroxyl groups excluding tert-OH is 1. The van der Waals surface area contributed by atoms with Crippen LogP contribution < -0.4 is 0 Å². The van der Waals surface area contributed by atoms with Crippen LogP contribution in [-0.4, -0.2) is 30.9 Å². The van der Waals surface area contributed by atoms with Gasteiger partial charge in [0, 0.05) is 22.8 Å². The zero-order valence-corrected chi connectivity index (χ0v) is 13.2. The highest BCUT2D eigenvalue weighted by Gasteiger charge is 2.35. The van der Waals surface area contributed by atoms with Crippen molar-refractivity contribution in [3.8, 4) is 0 Å². The summed E-state index contributed by atoms with van der Waals surface area (Å²) in [6.45, 7) is 7.20. The van der Waals surface area contributed by atoms with E-state index in [0.29, 0.717) is 34.7 Å².